The molecule has 2 heterocycles. The van der Waals surface area contributed by atoms with Crippen LogP contribution in [0.15, 0.2) is 67.6 Å². The average Bonchev–Trinajstić information content (AvgIpc) is 3.55. The second-order valence-electron chi connectivity index (χ2n) is 12.3. The molecule has 0 saturated heterocycles. The fourth-order valence-corrected chi connectivity index (χ4v) is 6.06. The maximum absolute atomic E-state index is 12.8. The first-order valence-corrected chi connectivity index (χ1v) is 16.5. The van der Waals surface area contributed by atoms with Crippen LogP contribution in [-0.2, 0) is 45.4 Å². The molecule has 1 unspecified atom stereocenters. The summed E-state index contributed by atoms with van der Waals surface area (Å²) in [6, 6.07) is 17.1. The number of benzene rings is 2. The summed E-state index contributed by atoms with van der Waals surface area (Å²) in [5.74, 6) is 1.05. The zero-order valence-electron chi connectivity index (χ0n) is 25.3. The van der Waals surface area contributed by atoms with Gasteiger partial charge in [-0.25, -0.2) is 14.8 Å². The number of ether oxygens (including phenoxy) is 2. The molecule has 0 spiro atoms. The first-order valence-electron chi connectivity index (χ1n) is 14.3. The molecular weight excluding hydrogens is 544 g/mol. The van der Waals surface area contributed by atoms with Gasteiger partial charge in [0.1, 0.15) is 30.1 Å². The molecule has 1 aliphatic carbocycles. The maximum atomic E-state index is 12.8. The topological polar surface area (TPSA) is 78.3 Å². The molecule has 2 aromatic heterocycles. The smallest absolute Gasteiger partial charge is 0.407 e. The largest absolute Gasteiger partial charge is 0.444 e. The van der Waals surface area contributed by atoms with Crippen molar-refractivity contribution in [1.82, 2.24) is 19.9 Å². The SMILES string of the molecule is C=Cc1ccc2c(c1)CC(CNC(=O)OC(C)(C)C)(c1cccc(-c3ncnc4c3ccn4COCC[S+](C)C)c1)C2. The van der Waals surface area contributed by atoms with E-state index >= 15 is 0 Å². The molecule has 1 N–H and O–H groups in total. The van der Waals surface area contributed by atoms with E-state index in [1.54, 1.807) is 6.33 Å². The Hall–Kier alpha value is -3.62. The van der Waals surface area contributed by atoms with Gasteiger partial charge in [-0.3, -0.25) is 0 Å². The zero-order valence-corrected chi connectivity index (χ0v) is 26.1. The van der Waals surface area contributed by atoms with Crippen molar-refractivity contribution in [3.05, 3.63) is 89.9 Å². The second-order valence-corrected chi connectivity index (χ2v) is 14.7. The molecule has 1 aliphatic rings. The Kier molecular flexibility index (Phi) is 8.76. The molecule has 7 nitrogen and oxygen atoms in total. The third-order valence-corrected chi connectivity index (χ3v) is 8.65. The highest BCUT2D eigenvalue weighted by Crippen LogP contribution is 2.41. The van der Waals surface area contributed by atoms with Gasteiger partial charge in [0, 0.05) is 29.1 Å². The molecule has 0 saturated carbocycles. The number of aromatic nitrogens is 3. The van der Waals surface area contributed by atoms with Gasteiger partial charge < -0.3 is 19.4 Å². The van der Waals surface area contributed by atoms with E-state index in [4.69, 9.17) is 14.5 Å². The van der Waals surface area contributed by atoms with Crippen LogP contribution in [0.25, 0.3) is 28.4 Å². The van der Waals surface area contributed by atoms with Gasteiger partial charge in [0.25, 0.3) is 0 Å². The molecule has 0 aliphatic heterocycles. The molecule has 1 atom stereocenters. The van der Waals surface area contributed by atoms with Crippen LogP contribution < -0.4 is 5.32 Å². The minimum atomic E-state index is -0.566. The number of hydrogen-bond acceptors (Lipinski definition) is 5. The van der Waals surface area contributed by atoms with Crippen molar-refractivity contribution >= 4 is 34.1 Å². The Morgan fingerprint density at radius 1 is 1.12 bits per heavy atom. The molecule has 8 heteroatoms. The fraction of sp³-hybridized carbons (Fsp3) is 0.382. The van der Waals surface area contributed by atoms with Gasteiger partial charge >= 0.3 is 6.09 Å². The van der Waals surface area contributed by atoms with Gasteiger partial charge in [-0.05, 0) is 78.9 Å². The van der Waals surface area contributed by atoms with E-state index in [0.717, 1.165) is 58.6 Å². The monoisotopic (exact) mass is 585 g/mol. The lowest BCUT2D eigenvalue weighted by molar-refractivity contribution is 0.0514. The summed E-state index contributed by atoms with van der Waals surface area (Å²) in [5.41, 5.74) is 6.66. The Balaban J connectivity index is 1.47. The van der Waals surface area contributed by atoms with Crippen LogP contribution in [0.3, 0.4) is 0 Å². The number of rotatable bonds is 10. The van der Waals surface area contributed by atoms with Gasteiger partial charge in [0.05, 0.1) is 24.8 Å². The first kappa shape index (κ1) is 29.9. The van der Waals surface area contributed by atoms with Crippen molar-refractivity contribution in [2.75, 3.05) is 31.4 Å². The van der Waals surface area contributed by atoms with Crippen LogP contribution >= 0.6 is 0 Å². The quantitative estimate of drug-likeness (QED) is 0.178. The fourth-order valence-electron chi connectivity index (χ4n) is 5.61. The van der Waals surface area contributed by atoms with E-state index in [2.05, 4.69) is 77.9 Å². The summed E-state index contributed by atoms with van der Waals surface area (Å²) < 4.78 is 13.5. The Bertz CT molecular complexity index is 1590. The maximum Gasteiger partial charge on any atom is 0.407 e. The van der Waals surface area contributed by atoms with E-state index in [9.17, 15) is 4.79 Å². The highest BCUT2D eigenvalue weighted by Gasteiger charge is 2.40. The number of amides is 1. The predicted octanol–water partition coefficient (Wildman–Crippen LogP) is 6.15. The summed E-state index contributed by atoms with van der Waals surface area (Å²) in [6.45, 7) is 11.2. The molecule has 0 bridgehead atoms. The molecule has 5 rings (SSSR count). The van der Waals surface area contributed by atoms with Crippen molar-refractivity contribution < 1.29 is 14.3 Å². The Labute approximate surface area is 251 Å². The normalized spacial score (nSPS) is 16.5. The van der Waals surface area contributed by atoms with Gasteiger partial charge in [-0.1, -0.05) is 49.1 Å². The number of carbonyl (C=O) groups is 1. The second kappa shape index (κ2) is 12.3. The van der Waals surface area contributed by atoms with Gasteiger partial charge in [-0.2, -0.15) is 0 Å². The van der Waals surface area contributed by atoms with Crippen LogP contribution in [0.2, 0.25) is 0 Å². The average molecular weight is 586 g/mol. The lowest BCUT2D eigenvalue weighted by Crippen LogP contribution is -2.43. The molecule has 0 radical (unpaired) electrons. The predicted molar refractivity (Wildman–Crippen MR) is 173 cm³/mol. The third kappa shape index (κ3) is 6.71. The Morgan fingerprint density at radius 2 is 1.93 bits per heavy atom. The molecule has 1 amide bonds. The van der Waals surface area contributed by atoms with Gasteiger partial charge in [-0.15, -0.1) is 0 Å². The van der Waals surface area contributed by atoms with Crippen molar-refractivity contribution in [2.45, 2.75) is 51.4 Å². The third-order valence-electron chi connectivity index (χ3n) is 7.66. The minimum Gasteiger partial charge on any atom is -0.444 e. The van der Waals surface area contributed by atoms with Crippen molar-refractivity contribution in [3.63, 3.8) is 0 Å². The zero-order chi connectivity index (χ0) is 29.9. The van der Waals surface area contributed by atoms with Crippen LogP contribution in [0.1, 0.15) is 43.0 Å². The first-order chi connectivity index (χ1) is 20.1. The van der Waals surface area contributed by atoms with E-state index < -0.39 is 11.7 Å². The van der Waals surface area contributed by atoms with E-state index in [-0.39, 0.29) is 5.41 Å². The van der Waals surface area contributed by atoms with E-state index in [0.29, 0.717) is 24.2 Å². The summed E-state index contributed by atoms with van der Waals surface area (Å²) in [6.07, 6.45) is 11.2. The summed E-state index contributed by atoms with van der Waals surface area (Å²) in [5, 5.41) is 4.07. The number of nitrogens with zero attached hydrogens (tertiary/aromatic N) is 3. The summed E-state index contributed by atoms with van der Waals surface area (Å²) in [4.78, 5) is 22.0. The summed E-state index contributed by atoms with van der Waals surface area (Å²) >= 11 is 0. The lowest BCUT2D eigenvalue weighted by Gasteiger charge is -2.31. The van der Waals surface area contributed by atoms with Crippen LogP contribution in [0, 0.1) is 0 Å². The number of alkyl carbamates (subject to hydrolysis) is 1. The highest BCUT2D eigenvalue weighted by atomic mass is 32.2. The van der Waals surface area contributed by atoms with Crippen LogP contribution in [-0.4, -0.2) is 57.6 Å². The molecule has 2 aromatic carbocycles. The van der Waals surface area contributed by atoms with Crippen molar-refractivity contribution in [3.8, 4) is 11.3 Å². The van der Waals surface area contributed by atoms with Gasteiger partial charge in [0.2, 0.25) is 0 Å². The van der Waals surface area contributed by atoms with Crippen molar-refractivity contribution in [1.29, 1.82) is 0 Å². The molecule has 0 fully saturated rings. The highest BCUT2D eigenvalue weighted by molar-refractivity contribution is 7.95. The number of nitrogens with one attached hydrogen (secondary N) is 1. The van der Waals surface area contributed by atoms with E-state index in [1.807, 2.05) is 37.6 Å². The standard InChI is InChI=1S/C34H40N4O3S/c1-7-24-11-12-26-19-34(20-27(26)17-24,21-35-32(39)41-33(2,3)4)28-10-8-9-25(18-28)30-29-13-14-38(31(29)37-22-36-30)23-40-15-16-42(5)6/h7-14,17-18,22H,1,15-16,19-21,23H2,2-6H3/p+1. The minimum absolute atomic E-state index is 0.335. The molecule has 4 aromatic rings. The van der Waals surface area contributed by atoms with Crippen LogP contribution in [0.5, 0.6) is 0 Å². The van der Waals surface area contributed by atoms with E-state index in [1.165, 1.54) is 11.1 Å². The van der Waals surface area contributed by atoms with Crippen molar-refractivity contribution in [2.24, 2.45) is 0 Å². The molecular formula is C34H41N4O3S+. The summed E-state index contributed by atoms with van der Waals surface area (Å²) in [7, 11) is 0.355. The number of hydrogen-bond donors (Lipinski definition) is 1. The number of carbonyl (C=O) groups excluding carboxylic acids is 1. The molecule has 220 valence electrons. The molecule has 42 heavy (non-hydrogen) atoms. The van der Waals surface area contributed by atoms with Crippen LogP contribution in [0.4, 0.5) is 4.79 Å². The Morgan fingerprint density at radius 3 is 2.69 bits per heavy atom. The van der Waals surface area contributed by atoms with Gasteiger partial charge in [0.15, 0.2) is 0 Å². The lowest BCUT2D eigenvalue weighted by atomic mass is 9.77. The number of fused-ring (bicyclic) bond motifs is 2.